The molecule has 98 valence electrons. The highest BCUT2D eigenvalue weighted by atomic mass is 32.2. The summed E-state index contributed by atoms with van der Waals surface area (Å²) in [6.07, 6.45) is -0.158. The summed E-state index contributed by atoms with van der Waals surface area (Å²) in [6.45, 7) is 0. The zero-order valence-electron chi connectivity index (χ0n) is 9.25. The van der Waals surface area contributed by atoms with E-state index < -0.39 is 27.7 Å². The van der Waals surface area contributed by atoms with Crippen LogP contribution in [0.4, 0.5) is 8.78 Å². The van der Waals surface area contributed by atoms with Crippen molar-refractivity contribution in [2.45, 2.75) is 16.5 Å². The lowest BCUT2D eigenvalue weighted by Crippen LogP contribution is -2.06. The molecule has 0 N–H and O–H groups in total. The molecule has 0 aliphatic carbocycles. The number of nitrogens with zero attached hydrogens (tertiary/aromatic N) is 3. The first-order valence-corrected chi connectivity index (χ1v) is 7.36. The Kier molecular flexibility index (Phi) is 3.44. The molecule has 0 aliphatic heterocycles. The van der Waals surface area contributed by atoms with Gasteiger partial charge in [0.25, 0.3) is 6.43 Å². The number of thiazole rings is 1. The van der Waals surface area contributed by atoms with Gasteiger partial charge in [0, 0.05) is 30.4 Å². The third-order valence-electron chi connectivity index (χ3n) is 2.17. The molecule has 0 bridgehead atoms. The fourth-order valence-electron chi connectivity index (χ4n) is 1.48. The number of hydrogen-bond donors (Lipinski definition) is 0. The molecule has 0 aromatic carbocycles. The highest BCUT2D eigenvalue weighted by molar-refractivity contribution is 7.92. The predicted molar refractivity (Wildman–Crippen MR) is 61.2 cm³/mol. The molecular weight excluding hydrogens is 284 g/mol. The normalized spacial score (nSPS) is 12.2. The fourth-order valence-corrected chi connectivity index (χ4v) is 3.75. The van der Waals surface area contributed by atoms with Crippen molar-refractivity contribution >= 4 is 21.2 Å². The van der Waals surface area contributed by atoms with Crippen molar-refractivity contribution in [3.8, 4) is 0 Å². The zero-order chi connectivity index (χ0) is 13.3. The summed E-state index contributed by atoms with van der Waals surface area (Å²) in [5, 5.41) is 5.08. The van der Waals surface area contributed by atoms with Crippen LogP contribution >= 0.6 is 11.3 Å². The van der Waals surface area contributed by atoms with Crippen LogP contribution < -0.4 is 0 Å². The van der Waals surface area contributed by atoms with Crippen LogP contribution in [-0.4, -0.2) is 23.2 Å². The van der Waals surface area contributed by atoms with Crippen LogP contribution in [0.3, 0.4) is 0 Å². The Bertz CT molecular complexity index is 635. The Morgan fingerprint density at radius 2 is 2.22 bits per heavy atom. The van der Waals surface area contributed by atoms with E-state index in [2.05, 4.69) is 10.1 Å². The molecule has 9 heteroatoms. The van der Waals surface area contributed by atoms with Crippen LogP contribution in [0.1, 0.15) is 17.7 Å². The summed E-state index contributed by atoms with van der Waals surface area (Å²) in [5.74, 6) is -0.520. The average molecular weight is 293 g/mol. The van der Waals surface area contributed by atoms with E-state index in [0.29, 0.717) is 0 Å². The van der Waals surface area contributed by atoms with Gasteiger partial charge in [0.15, 0.2) is 0 Å². The van der Waals surface area contributed by atoms with Crippen molar-refractivity contribution in [2.24, 2.45) is 7.05 Å². The van der Waals surface area contributed by atoms with Gasteiger partial charge in [-0.2, -0.15) is 5.10 Å². The number of alkyl halides is 2. The maximum absolute atomic E-state index is 12.7. The lowest BCUT2D eigenvalue weighted by Gasteiger charge is -2.01. The van der Waals surface area contributed by atoms with Gasteiger partial charge in [0.1, 0.15) is 5.69 Å². The quantitative estimate of drug-likeness (QED) is 0.862. The van der Waals surface area contributed by atoms with Crippen LogP contribution in [0.15, 0.2) is 22.1 Å². The molecular formula is C9H9F2N3O2S2. The molecule has 2 aromatic rings. The molecule has 0 saturated carbocycles. The lowest BCUT2D eigenvalue weighted by molar-refractivity contribution is 0.144. The van der Waals surface area contributed by atoms with Crippen molar-refractivity contribution in [3.05, 3.63) is 29.0 Å². The zero-order valence-corrected chi connectivity index (χ0v) is 10.9. The van der Waals surface area contributed by atoms with Gasteiger partial charge in [-0.3, -0.25) is 4.68 Å². The molecule has 0 aliphatic rings. The van der Waals surface area contributed by atoms with Gasteiger partial charge in [-0.25, -0.2) is 22.2 Å². The first-order chi connectivity index (χ1) is 8.40. The lowest BCUT2D eigenvalue weighted by atomic mass is 10.3. The number of hydrogen-bond acceptors (Lipinski definition) is 5. The summed E-state index contributed by atoms with van der Waals surface area (Å²) >= 11 is 0.956. The molecule has 0 unspecified atom stereocenters. The predicted octanol–water partition coefficient (Wildman–Crippen LogP) is 1.79. The van der Waals surface area contributed by atoms with Gasteiger partial charge >= 0.3 is 0 Å². The molecule has 18 heavy (non-hydrogen) atoms. The van der Waals surface area contributed by atoms with E-state index >= 15 is 0 Å². The minimum Gasteiger partial charge on any atom is -0.275 e. The van der Waals surface area contributed by atoms with Gasteiger partial charge in [-0.15, -0.1) is 11.3 Å². The van der Waals surface area contributed by atoms with Crippen LogP contribution in [-0.2, 0) is 22.6 Å². The number of aromatic nitrogens is 3. The average Bonchev–Trinajstić information content (AvgIpc) is 2.86. The summed E-state index contributed by atoms with van der Waals surface area (Å²) in [4.78, 5) is 3.68. The summed E-state index contributed by atoms with van der Waals surface area (Å²) < 4.78 is 50.3. The summed E-state index contributed by atoms with van der Waals surface area (Å²) in [6, 6.07) is 0. The van der Waals surface area contributed by atoms with E-state index in [0.717, 1.165) is 11.3 Å². The number of sulfone groups is 1. The first-order valence-electron chi connectivity index (χ1n) is 4.83. The second-order valence-corrected chi connectivity index (χ2v) is 6.63. The third-order valence-corrected chi connectivity index (χ3v) is 5.11. The van der Waals surface area contributed by atoms with Crippen LogP contribution in [0.5, 0.6) is 0 Å². The van der Waals surface area contributed by atoms with Crippen molar-refractivity contribution in [2.75, 3.05) is 0 Å². The standard InChI is InChI=1S/C9H9F2N3O2S2/c1-14-4-6(7(13-14)8(10)11)5-18(15,16)9-12-2-3-17-9/h2-4,8H,5H2,1H3. The topological polar surface area (TPSA) is 64.8 Å². The number of halogens is 2. The molecule has 2 aromatic heterocycles. The monoisotopic (exact) mass is 293 g/mol. The maximum atomic E-state index is 12.7. The molecule has 0 fully saturated rings. The summed E-state index contributed by atoms with van der Waals surface area (Å²) in [7, 11) is -2.23. The summed E-state index contributed by atoms with van der Waals surface area (Å²) in [5.41, 5.74) is -0.500. The van der Waals surface area contributed by atoms with Crippen molar-refractivity contribution in [3.63, 3.8) is 0 Å². The Hall–Kier alpha value is -1.35. The Balaban J connectivity index is 2.35. The van der Waals surface area contributed by atoms with Crippen LogP contribution in [0, 0.1) is 0 Å². The number of rotatable bonds is 4. The third kappa shape index (κ3) is 2.56. The minimum atomic E-state index is -3.69. The Morgan fingerprint density at radius 1 is 1.50 bits per heavy atom. The van der Waals surface area contributed by atoms with Gasteiger partial charge in [-0.05, 0) is 0 Å². The molecule has 0 saturated heterocycles. The molecule has 0 spiro atoms. The molecule has 0 atom stereocenters. The van der Waals surface area contributed by atoms with Crippen LogP contribution in [0.2, 0.25) is 0 Å². The van der Waals surface area contributed by atoms with Gasteiger partial charge in [0.05, 0.1) is 5.75 Å². The molecule has 2 heterocycles. The van der Waals surface area contributed by atoms with Crippen molar-refractivity contribution in [1.29, 1.82) is 0 Å². The second kappa shape index (κ2) is 4.73. The van der Waals surface area contributed by atoms with Crippen LogP contribution in [0.25, 0.3) is 0 Å². The smallest absolute Gasteiger partial charge is 0.275 e. The molecule has 2 rings (SSSR count). The van der Waals surface area contributed by atoms with E-state index in [1.54, 1.807) is 0 Å². The largest absolute Gasteiger partial charge is 0.282 e. The molecule has 5 nitrogen and oxygen atoms in total. The molecule has 0 amide bonds. The SMILES string of the molecule is Cn1cc(CS(=O)(=O)c2nccs2)c(C(F)F)n1. The van der Waals surface area contributed by atoms with Crippen molar-refractivity contribution < 1.29 is 17.2 Å². The molecule has 0 radical (unpaired) electrons. The highest BCUT2D eigenvalue weighted by Gasteiger charge is 2.25. The van der Waals surface area contributed by atoms with E-state index in [9.17, 15) is 17.2 Å². The maximum Gasteiger partial charge on any atom is 0.282 e. The minimum absolute atomic E-state index is 0.00250. The van der Waals surface area contributed by atoms with Crippen molar-refractivity contribution in [1.82, 2.24) is 14.8 Å². The fraction of sp³-hybridized carbons (Fsp3) is 0.333. The first kappa shape index (κ1) is 13.1. The van der Waals surface area contributed by atoms with Gasteiger partial charge in [0.2, 0.25) is 14.2 Å². The second-order valence-electron chi connectivity index (χ2n) is 3.57. The van der Waals surface area contributed by atoms with E-state index in [1.807, 2.05) is 0 Å². The van der Waals surface area contributed by atoms with Gasteiger partial charge < -0.3 is 0 Å². The van der Waals surface area contributed by atoms with Gasteiger partial charge in [-0.1, -0.05) is 0 Å². The Morgan fingerprint density at radius 3 is 2.78 bits per heavy atom. The van der Waals surface area contributed by atoms with E-state index in [4.69, 9.17) is 0 Å². The van der Waals surface area contributed by atoms with E-state index in [-0.39, 0.29) is 9.90 Å². The van der Waals surface area contributed by atoms with E-state index in [1.165, 1.54) is 29.5 Å². The number of aryl methyl sites for hydroxylation is 1. The highest BCUT2D eigenvalue weighted by Crippen LogP contribution is 2.25. The Labute approximate surface area is 106 Å².